The molecule has 6 nitrogen and oxygen atoms in total. The van der Waals surface area contributed by atoms with E-state index >= 15 is 0 Å². The molecule has 138 valence electrons. The van der Waals surface area contributed by atoms with Gasteiger partial charge in [-0.05, 0) is 37.1 Å². The molecular weight excluding hydrogens is 352 g/mol. The number of nitrogens with zero attached hydrogens (tertiary/aromatic N) is 1. The monoisotopic (exact) mass is 373 g/mol. The van der Waals surface area contributed by atoms with Crippen LogP contribution in [-0.2, 0) is 14.8 Å². The van der Waals surface area contributed by atoms with Crippen molar-refractivity contribution in [1.82, 2.24) is 14.9 Å². The first-order valence-corrected chi connectivity index (χ1v) is 9.90. The van der Waals surface area contributed by atoms with E-state index in [-0.39, 0.29) is 30.2 Å². The molecule has 9 heteroatoms. The second kappa shape index (κ2) is 7.35. The van der Waals surface area contributed by atoms with Crippen LogP contribution < -0.4 is 10.6 Å². The zero-order valence-corrected chi connectivity index (χ0v) is 14.5. The van der Waals surface area contributed by atoms with Crippen LogP contribution >= 0.6 is 0 Å². The van der Waals surface area contributed by atoms with Crippen LogP contribution in [0.3, 0.4) is 0 Å². The summed E-state index contributed by atoms with van der Waals surface area (Å²) in [5.41, 5.74) is 0.625. The molecule has 2 unspecified atom stereocenters. The lowest BCUT2D eigenvalue weighted by Crippen LogP contribution is -2.52. The number of sulfonamides is 1. The van der Waals surface area contributed by atoms with Gasteiger partial charge in [-0.3, -0.25) is 4.79 Å². The number of carbonyl (C=O) groups is 1. The number of carbonyl (C=O) groups excluding carboxylic acids is 1. The van der Waals surface area contributed by atoms with Gasteiger partial charge in [-0.25, -0.2) is 17.2 Å². The van der Waals surface area contributed by atoms with E-state index in [0.29, 0.717) is 38.0 Å². The first kappa shape index (κ1) is 18.2. The Labute approximate surface area is 145 Å². The molecule has 2 fully saturated rings. The quantitative estimate of drug-likeness (QED) is 0.809. The van der Waals surface area contributed by atoms with Gasteiger partial charge >= 0.3 is 0 Å². The Morgan fingerprint density at radius 2 is 2.12 bits per heavy atom. The number of halogens is 2. The smallest absolute Gasteiger partial charge is 0.235 e. The maximum Gasteiger partial charge on any atom is 0.235 e. The Kier molecular flexibility index (Phi) is 5.35. The fraction of sp³-hybridized carbons (Fsp3) is 0.562. The summed E-state index contributed by atoms with van der Waals surface area (Å²) in [6, 6.07) is 3.47. The molecule has 2 aliphatic heterocycles. The number of piperidine rings is 1. The topological polar surface area (TPSA) is 78.5 Å². The predicted molar refractivity (Wildman–Crippen MR) is 88.5 cm³/mol. The van der Waals surface area contributed by atoms with Crippen molar-refractivity contribution in [3.8, 4) is 0 Å². The highest BCUT2D eigenvalue weighted by Crippen LogP contribution is 2.27. The van der Waals surface area contributed by atoms with Gasteiger partial charge < -0.3 is 10.6 Å². The van der Waals surface area contributed by atoms with Crippen molar-refractivity contribution in [1.29, 1.82) is 0 Å². The second-order valence-corrected chi connectivity index (χ2v) is 8.54. The van der Waals surface area contributed by atoms with Crippen LogP contribution in [0.25, 0.3) is 0 Å². The Morgan fingerprint density at radius 1 is 1.32 bits per heavy atom. The van der Waals surface area contributed by atoms with Gasteiger partial charge in [-0.2, -0.15) is 4.31 Å². The van der Waals surface area contributed by atoms with Crippen LogP contribution in [-0.4, -0.2) is 56.6 Å². The molecule has 1 aromatic carbocycles. The number of nitrogens with one attached hydrogen (secondary N) is 2. The molecule has 2 atom stereocenters. The SMILES string of the molecule is O=C(CN1CCCS1(=O)=O)NC1CNCCC1c1ccc(F)c(F)c1. The molecule has 2 saturated heterocycles. The van der Waals surface area contributed by atoms with Gasteiger partial charge in [0.2, 0.25) is 15.9 Å². The fourth-order valence-electron chi connectivity index (χ4n) is 3.43. The average Bonchev–Trinajstić information content (AvgIpc) is 2.89. The summed E-state index contributed by atoms with van der Waals surface area (Å²) < 4.78 is 51.5. The molecule has 1 aromatic rings. The zero-order valence-electron chi connectivity index (χ0n) is 13.7. The minimum absolute atomic E-state index is 0.0722. The number of benzene rings is 1. The number of hydrogen-bond donors (Lipinski definition) is 2. The highest BCUT2D eigenvalue weighted by Gasteiger charge is 2.32. The molecule has 0 spiro atoms. The zero-order chi connectivity index (χ0) is 18.0. The van der Waals surface area contributed by atoms with Crippen LogP contribution in [0.15, 0.2) is 18.2 Å². The molecule has 1 amide bonds. The summed E-state index contributed by atoms with van der Waals surface area (Å²) >= 11 is 0. The van der Waals surface area contributed by atoms with Crippen molar-refractivity contribution in [2.75, 3.05) is 31.9 Å². The molecule has 2 aliphatic rings. The first-order valence-electron chi connectivity index (χ1n) is 8.30. The standard InChI is InChI=1S/C16H21F2N3O3S/c17-13-3-2-11(8-14(13)18)12-4-5-19-9-15(12)20-16(22)10-21-6-1-7-25(21,23)24/h2-3,8,12,15,19H,1,4-7,9-10H2,(H,20,22). The molecule has 25 heavy (non-hydrogen) atoms. The number of amides is 1. The molecule has 0 radical (unpaired) electrons. The first-order chi connectivity index (χ1) is 11.9. The molecule has 0 aromatic heterocycles. The minimum Gasteiger partial charge on any atom is -0.350 e. The van der Waals surface area contributed by atoms with Gasteiger partial charge in [0.05, 0.1) is 12.3 Å². The van der Waals surface area contributed by atoms with Crippen LogP contribution in [0.1, 0.15) is 24.3 Å². The maximum atomic E-state index is 13.5. The predicted octanol–water partition coefficient (Wildman–Crippen LogP) is 0.562. The van der Waals surface area contributed by atoms with Crippen molar-refractivity contribution in [2.45, 2.75) is 24.8 Å². The Bertz CT molecular complexity index is 757. The van der Waals surface area contributed by atoms with Gasteiger partial charge in [0.1, 0.15) is 0 Å². The van der Waals surface area contributed by atoms with E-state index in [4.69, 9.17) is 0 Å². The third-order valence-electron chi connectivity index (χ3n) is 4.72. The summed E-state index contributed by atoms with van der Waals surface area (Å²) in [6.07, 6.45) is 1.19. The van der Waals surface area contributed by atoms with Crippen molar-refractivity contribution < 1.29 is 22.0 Å². The lowest BCUT2D eigenvalue weighted by Gasteiger charge is -2.33. The summed E-state index contributed by atoms with van der Waals surface area (Å²) in [5, 5.41) is 6.00. The normalized spacial score (nSPS) is 26.5. The highest BCUT2D eigenvalue weighted by molar-refractivity contribution is 7.89. The fourth-order valence-corrected chi connectivity index (χ4v) is 4.91. The summed E-state index contributed by atoms with van der Waals surface area (Å²) in [6.45, 7) is 1.34. The number of hydrogen-bond acceptors (Lipinski definition) is 4. The Hall–Kier alpha value is -1.58. The van der Waals surface area contributed by atoms with E-state index in [1.165, 1.54) is 10.4 Å². The molecule has 0 saturated carbocycles. The Balaban J connectivity index is 1.68. The van der Waals surface area contributed by atoms with E-state index in [2.05, 4.69) is 10.6 Å². The Morgan fingerprint density at radius 3 is 2.80 bits per heavy atom. The van der Waals surface area contributed by atoms with Crippen LogP contribution in [0, 0.1) is 11.6 Å². The van der Waals surface area contributed by atoms with Crippen LogP contribution in [0.5, 0.6) is 0 Å². The van der Waals surface area contributed by atoms with Crippen molar-refractivity contribution in [3.05, 3.63) is 35.4 Å². The van der Waals surface area contributed by atoms with Crippen LogP contribution in [0.4, 0.5) is 8.78 Å². The van der Waals surface area contributed by atoms with Crippen LogP contribution in [0.2, 0.25) is 0 Å². The minimum atomic E-state index is -3.33. The van der Waals surface area contributed by atoms with Crippen molar-refractivity contribution >= 4 is 15.9 Å². The van der Waals surface area contributed by atoms with Gasteiger partial charge in [-0.15, -0.1) is 0 Å². The molecule has 0 bridgehead atoms. The van der Waals surface area contributed by atoms with E-state index in [0.717, 1.165) is 12.1 Å². The van der Waals surface area contributed by atoms with Gasteiger partial charge in [0.15, 0.2) is 11.6 Å². The van der Waals surface area contributed by atoms with Crippen molar-refractivity contribution in [2.24, 2.45) is 0 Å². The highest BCUT2D eigenvalue weighted by atomic mass is 32.2. The van der Waals surface area contributed by atoms with E-state index < -0.39 is 21.7 Å². The lowest BCUT2D eigenvalue weighted by atomic mass is 9.86. The number of rotatable bonds is 4. The van der Waals surface area contributed by atoms with Gasteiger partial charge in [0.25, 0.3) is 0 Å². The molecule has 2 N–H and O–H groups in total. The molecular formula is C16H21F2N3O3S. The van der Waals surface area contributed by atoms with Crippen molar-refractivity contribution in [3.63, 3.8) is 0 Å². The largest absolute Gasteiger partial charge is 0.350 e. The molecule has 2 heterocycles. The summed E-state index contributed by atoms with van der Waals surface area (Å²) in [7, 11) is -3.33. The third-order valence-corrected chi connectivity index (χ3v) is 6.63. The third kappa shape index (κ3) is 4.16. The lowest BCUT2D eigenvalue weighted by molar-refractivity contribution is -0.122. The average molecular weight is 373 g/mol. The van der Waals surface area contributed by atoms with Gasteiger partial charge in [-0.1, -0.05) is 6.07 Å². The summed E-state index contributed by atoms with van der Waals surface area (Å²) in [4.78, 5) is 12.3. The van der Waals surface area contributed by atoms with E-state index in [9.17, 15) is 22.0 Å². The summed E-state index contributed by atoms with van der Waals surface area (Å²) in [5.74, 6) is -2.29. The molecule has 3 rings (SSSR count). The second-order valence-electron chi connectivity index (χ2n) is 6.45. The van der Waals surface area contributed by atoms with Gasteiger partial charge in [0, 0.05) is 25.0 Å². The molecule has 0 aliphatic carbocycles. The maximum absolute atomic E-state index is 13.5. The van der Waals surface area contributed by atoms with E-state index in [1.54, 1.807) is 0 Å². The van der Waals surface area contributed by atoms with E-state index in [1.807, 2.05) is 0 Å².